The first kappa shape index (κ1) is 17.8. The third-order valence-corrected chi connectivity index (χ3v) is 5.37. The molecule has 0 aliphatic carbocycles. The van der Waals surface area contributed by atoms with Gasteiger partial charge in [-0.2, -0.15) is 0 Å². The second-order valence-electron chi connectivity index (χ2n) is 6.20. The number of ether oxygens (including phenoxy) is 2. The number of benzene rings is 1. The van der Waals surface area contributed by atoms with Crippen LogP contribution in [0.1, 0.15) is 44.5 Å². The molecule has 0 N–H and O–H groups in total. The molecule has 1 aromatic rings. The van der Waals surface area contributed by atoms with Crippen molar-refractivity contribution in [3.05, 3.63) is 22.2 Å². The summed E-state index contributed by atoms with van der Waals surface area (Å²) in [5, 5.41) is 0. The highest BCUT2D eigenvalue weighted by atomic mass is 79.9. The van der Waals surface area contributed by atoms with Crippen molar-refractivity contribution in [2.45, 2.75) is 38.9 Å². The Kier molecular flexibility index (Phi) is 6.39. The molecule has 0 radical (unpaired) electrons. The first-order valence-electron chi connectivity index (χ1n) is 6.76. The van der Waals surface area contributed by atoms with Crippen LogP contribution in [0.15, 0.2) is 16.6 Å². The molecule has 0 fully saturated rings. The molecule has 0 aliphatic rings. The second-order valence-corrected chi connectivity index (χ2v) is 8.16. The lowest BCUT2D eigenvalue weighted by atomic mass is 9.79. The summed E-state index contributed by atoms with van der Waals surface area (Å²) >= 11 is 7.30. The van der Waals surface area contributed by atoms with Gasteiger partial charge in [0, 0.05) is 10.4 Å². The molecule has 2 atom stereocenters. The minimum absolute atomic E-state index is 0.244. The molecule has 0 aromatic heterocycles. The van der Waals surface area contributed by atoms with E-state index in [2.05, 4.69) is 59.6 Å². The maximum absolute atomic E-state index is 5.50. The van der Waals surface area contributed by atoms with Crippen molar-refractivity contribution >= 4 is 31.9 Å². The standard InChI is InChI=1S/C16H24Br2O2/c1-10(16(2,3)4)7-12(17)11-8-15(20-6)13(18)9-14(11)19-5/h8-10,12H,7H2,1-6H3. The Morgan fingerprint density at radius 1 is 1.10 bits per heavy atom. The van der Waals surface area contributed by atoms with Crippen molar-refractivity contribution in [3.63, 3.8) is 0 Å². The Bertz CT molecular complexity index is 453. The van der Waals surface area contributed by atoms with E-state index in [-0.39, 0.29) is 4.83 Å². The number of rotatable bonds is 5. The van der Waals surface area contributed by atoms with Crippen LogP contribution in [-0.4, -0.2) is 14.2 Å². The Hall–Kier alpha value is -0.220. The molecule has 0 amide bonds. The number of methoxy groups -OCH3 is 2. The van der Waals surface area contributed by atoms with Crippen LogP contribution in [0.3, 0.4) is 0 Å². The maximum atomic E-state index is 5.50. The van der Waals surface area contributed by atoms with Gasteiger partial charge in [0.25, 0.3) is 0 Å². The van der Waals surface area contributed by atoms with Gasteiger partial charge < -0.3 is 9.47 Å². The lowest BCUT2D eigenvalue weighted by Gasteiger charge is -2.29. The number of alkyl halides is 1. The molecule has 114 valence electrons. The Balaban J connectivity index is 3.05. The van der Waals surface area contributed by atoms with Crippen LogP contribution >= 0.6 is 31.9 Å². The minimum Gasteiger partial charge on any atom is -0.496 e. The van der Waals surface area contributed by atoms with Gasteiger partial charge in [-0.25, -0.2) is 0 Å². The number of halogens is 2. The van der Waals surface area contributed by atoms with E-state index >= 15 is 0 Å². The molecule has 0 saturated heterocycles. The van der Waals surface area contributed by atoms with Gasteiger partial charge in [0.2, 0.25) is 0 Å². The molecule has 4 heteroatoms. The third-order valence-electron chi connectivity index (χ3n) is 3.88. The zero-order valence-electron chi connectivity index (χ0n) is 13.1. The summed E-state index contributed by atoms with van der Waals surface area (Å²) < 4.78 is 11.8. The van der Waals surface area contributed by atoms with E-state index in [0.717, 1.165) is 28.0 Å². The average Bonchev–Trinajstić information content (AvgIpc) is 2.36. The first-order chi connectivity index (χ1) is 9.20. The molecule has 0 saturated carbocycles. The van der Waals surface area contributed by atoms with E-state index in [9.17, 15) is 0 Å². The van der Waals surface area contributed by atoms with E-state index in [4.69, 9.17) is 9.47 Å². The van der Waals surface area contributed by atoms with Gasteiger partial charge >= 0.3 is 0 Å². The van der Waals surface area contributed by atoms with Crippen LogP contribution in [0.4, 0.5) is 0 Å². The highest BCUT2D eigenvalue weighted by Gasteiger charge is 2.25. The normalized spacial score (nSPS) is 14.8. The lowest BCUT2D eigenvalue weighted by molar-refractivity contribution is 0.246. The van der Waals surface area contributed by atoms with Crippen molar-refractivity contribution in [2.75, 3.05) is 14.2 Å². The number of hydrogen-bond acceptors (Lipinski definition) is 2. The highest BCUT2D eigenvalue weighted by Crippen LogP contribution is 2.43. The molecule has 0 aliphatic heterocycles. The smallest absolute Gasteiger partial charge is 0.133 e. The zero-order valence-corrected chi connectivity index (χ0v) is 16.3. The van der Waals surface area contributed by atoms with Gasteiger partial charge in [-0.3, -0.25) is 0 Å². The molecule has 1 aromatic carbocycles. The summed E-state index contributed by atoms with van der Waals surface area (Å²) in [4.78, 5) is 0.244. The zero-order chi connectivity index (χ0) is 15.5. The molecule has 20 heavy (non-hydrogen) atoms. The second kappa shape index (κ2) is 7.17. The quantitative estimate of drug-likeness (QED) is 0.559. The summed E-state index contributed by atoms with van der Waals surface area (Å²) in [5.41, 5.74) is 1.42. The summed E-state index contributed by atoms with van der Waals surface area (Å²) in [6, 6.07) is 4.00. The fraction of sp³-hybridized carbons (Fsp3) is 0.625. The van der Waals surface area contributed by atoms with Gasteiger partial charge in [-0.15, -0.1) is 0 Å². The lowest BCUT2D eigenvalue weighted by Crippen LogP contribution is -2.18. The largest absolute Gasteiger partial charge is 0.496 e. The van der Waals surface area contributed by atoms with E-state index in [1.54, 1.807) is 14.2 Å². The predicted octanol–water partition coefficient (Wildman–Crippen LogP) is 5.97. The molecule has 0 heterocycles. The summed E-state index contributed by atoms with van der Waals surface area (Å²) in [6.45, 7) is 9.11. The fourth-order valence-electron chi connectivity index (χ4n) is 1.92. The van der Waals surface area contributed by atoms with Gasteiger partial charge in [0.05, 0.1) is 18.7 Å². The highest BCUT2D eigenvalue weighted by molar-refractivity contribution is 9.10. The van der Waals surface area contributed by atoms with Crippen LogP contribution in [0.2, 0.25) is 0 Å². The number of hydrogen-bond donors (Lipinski definition) is 0. The SMILES string of the molecule is COc1cc(C(Br)CC(C)C(C)(C)C)c(OC)cc1Br. The summed E-state index contributed by atoms with van der Waals surface area (Å²) in [5.74, 6) is 2.29. The fourth-order valence-corrected chi connectivity index (χ4v) is 3.32. The molecule has 0 spiro atoms. The Labute approximate surface area is 139 Å². The first-order valence-corrected chi connectivity index (χ1v) is 8.47. The van der Waals surface area contributed by atoms with Gasteiger partial charge in [0.15, 0.2) is 0 Å². The van der Waals surface area contributed by atoms with Crippen LogP contribution in [0.25, 0.3) is 0 Å². The van der Waals surface area contributed by atoms with Crippen LogP contribution in [0.5, 0.6) is 11.5 Å². The third kappa shape index (κ3) is 4.39. The van der Waals surface area contributed by atoms with Gasteiger partial charge in [-0.05, 0) is 45.8 Å². The Morgan fingerprint density at radius 2 is 1.65 bits per heavy atom. The molecular weight excluding hydrogens is 384 g/mol. The van der Waals surface area contributed by atoms with E-state index in [0.29, 0.717) is 11.3 Å². The summed E-state index contributed by atoms with van der Waals surface area (Å²) in [6.07, 6.45) is 1.05. The molecule has 0 bridgehead atoms. The summed E-state index contributed by atoms with van der Waals surface area (Å²) in [7, 11) is 3.38. The average molecular weight is 408 g/mol. The van der Waals surface area contributed by atoms with Crippen molar-refractivity contribution in [3.8, 4) is 11.5 Å². The molecule has 2 unspecified atom stereocenters. The van der Waals surface area contributed by atoms with Crippen molar-refractivity contribution in [1.29, 1.82) is 0 Å². The molecule has 2 nitrogen and oxygen atoms in total. The van der Waals surface area contributed by atoms with Crippen molar-refractivity contribution < 1.29 is 9.47 Å². The minimum atomic E-state index is 0.244. The van der Waals surface area contributed by atoms with Crippen LogP contribution in [-0.2, 0) is 0 Å². The van der Waals surface area contributed by atoms with Gasteiger partial charge in [0.1, 0.15) is 11.5 Å². The maximum Gasteiger partial charge on any atom is 0.133 e. The van der Waals surface area contributed by atoms with Crippen LogP contribution < -0.4 is 9.47 Å². The van der Waals surface area contributed by atoms with E-state index in [1.807, 2.05) is 12.1 Å². The molecular formula is C16H24Br2O2. The van der Waals surface area contributed by atoms with Crippen molar-refractivity contribution in [2.24, 2.45) is 11.3 Å². The van der Waals surface area contributed by atoms with E-state index in [1.165, 1.54) is 0 Å². The Morgan fingerprint density at radius 3 is 2.10 bits per heavy atom. The topological polar surface area (TPSA) is 18.5 Å². The molecule has 1 rings (SSSR count). The van der Waals surface area contributed by atoms with Crippen LogP contribution in [0, 0.1) is 11.3 Å². The monoisotopic (exact) mass is 406 g/mol. The van der Waals surface area contributed by atoms with E-state index < -0.39 is 0 Å². The predicted molar refractivity (Wildman–Crippen MR) is 92.2 cm³/mol. The van der Waals surface area contributed by atoms with Crippen molar-refractivity contribution in [1.82, 2.24) is 0 Å². The van der Waals surface area contributed by atoms with Gasteiger partial charge in [-0.1, -0.05) is 43.6 Å².